The first-order chi connectivity index (χ1) is 10.0. The molecule has 0 atom stereocenters. The van der Waals surface area contributed by atoms with Crippen LogP contribution in [0.2, 0.25) is 0 Å². The van der Waals surface area contributed by atoms with E-state index in [0.29, 0.717) is 23.2 Å². The topological polar surface area (TPSA) is 68.3 Å². The SMILES string of the molecule is COc1ccc(Br)cc1S(=O)(=O)NCCc1ccncc1. The van der Waals surface area contributed by atoms with Gasteiger partial charge in [-0.1, -0.05) is 15.9 Å². The third-order valence-electron chi connectivity index (χ3n) is 2.87. The van der Waals surface area contributed by atoms with Crippen LogP contribution < -0.4 is 9.46 Å². The molecule has 1 aromatic heterocycles. The van der Waals surface area contributed by atoms with Gasteiger partial charge in [-0.3, -0.25) is 4.98 Å². The molecule has 0 unspecified atom stereocenters. The Kier molecular flexibility index (Phi) is 5.33. The Labute approximate surface area is 132 Å². The van der Waals surface area contributed by atoms with E-state index in [1.807, 2.05) is 12.1 Å². The van der Waals surface area contributed by atoms with Crippen LogP contribution in [-0.2, 0) is 16.4 Å². The maximum absolute atomic E-state index is 12.3. The molecule has 0 aliphatic carbocycles. The minimum atomic E-state index is -3.62. The number of methoxy groups -OCH3 is 1. The molecule has 0 amide bonds. The second-order valence-electron chi connectivity index (χ2n) is 4.30. The van der Waals surface area contributed by atoms with E-state index in [2.05, 4.69) is 25.6 Å². The molecule has 112 valence electrons. The normalized spacial score (nSPS) is 11.3. The largest absolute Gasteiger partial charge is 0.495 e. The van der Waals surface area contributed by atoms with Crippen molar-refractivity contribution in [2.24, 2.45) is 0 Å². The summed E-state index contributed by atoms with van der Waals surface area (Å²) in [6.07, 6.45) is 3.96. The van der Waals surface area contributed by atoms with Crippen LogP contribution in [0.4, 0.5) is 0 Å². The van der Waals surface area contributed by atoms with Gasteiger partial charge in [0.1, 0.15) is 10.6 Å². The molecular weight excluding hydrogens is 356 g/mol. The molecule has 0 saturated carbocycles. The zero-order valence-corrected chi connectivity index (χ0v) is 13.8. The first-order valence-corrected chi connectivity index (χ1v) is 8.52. The van der Waals surface area contributed by atoms with Gasteiger partial charge < -0.3 is 4.74 Å². The molecule has 0 aliphatic heterocycles. The average Bonchev–Trinajstić information content (AvgIpc) is 2.48. The maximum Gasteiger partial charge on any atom is 0.244 e. The summed E-state index contributed by atoms with van der Waals surface area (Å²) in [7, 11) is -2.17. The van der Waals surface area contributed by atoms with E-state index < -0.39 is 10.0 Å². The fourth-order valence-electron chi connectivity index (χ4n) is 1.82. The number of hydrogen-bond donors (Lipinski definition) is 1. The van der Waals surface area contributed by atoms with Crippen molar-refractivity contribution in [1.29, 1.82) is 0 Å². The molecule has 5 nitrogen and oxygen atoms in total. The number of rotatable bonds is 6. The van der Waals surface area contributed by atoms with Crippen LogP contribution in [0.15, 0.2) is 52.1 Å². The Morgan fingerprint density at radius 2 is 1.95 bits per heavy atom. The number of aromatic nitrogens is 1. The lowest BCUT2D eigenvalue weighted by Crippen LogP contribution is -2.26. The molecule has 0 bridgehead atoms. The summed E-state index contributed by atoms with van der Waals surface area (Å²) < 4.78 is 33.0. The van der Waals surface area contributed by atoms with E-state index in [1.54, 1.807) is 24.5 Å². The predicted octanol–water partition coefficient (Wildman–Crippen LogP) is 2.37. The summed E-state index contributed by atoms with van der Waals surface area (Å²) in [5, 5.41) is 0. The Hall–Kier alpha value is -1.44. The van der Waals surface area contributed by atoms with Gasteiger partial charge in [0.25, 0.3) is 0 Å². The number of halogens is 1. The van der Waals surface area contributed by atoms with Crippen LogP contribution in [0, 0.1) is 0 Å². The fraction of sp³-hybridized carbons (Fsp3) is 0.214. The van der Waals surface area contributed by atoms with Crippen molar-refractivity contribution in [2.75, 3.05) is 13.7 Å². The summed E-state index contributed by atoms with van der Waals surface area (Å²) in [5.41, 5.74) is 1.02. The lowest BCUT2D eigenvalue weighted by atomic mass is 10.2. The smallest absolute Gasteiger partial charge is 0.244 e. The lowest BCUT2D eigenvalue weighted by Gasteiger charge is -2.11. The molecule has 2 aromatic rings. The van der Waals surface area contributed by atoms with Gasteiger partial charge in [0.15, 0.2) is 0 Å². The Morgan fingerprint density at radius 1 is 1.24 bits per heavy atom. The Balaban J connectivity index is 2.10. The third kappa shape index (κ3) is 4.26. The average molecular weight is 371 g/mol. The highest BCUT2D eigenvalue weighted by Gasteiger charge is 2.19. The van der Waals surface area contributed by atoms with Crippen molar-refractivity contribution in [3.8, 4) is 5.75 Å². The van der Waals surface area contributed by atoms with Crippen molar-refractivity contribution in [3.05, 3.63) is 52.8 Å². The highest BCUT2D eigenvalue weighted by atomic mass is 79.9. The summed E-state index contributed by atoms with van der Waals surface area (Å²) in [4.78, 5) is 4.04. The van der Waals surface area contributed by atoms with E-state index >= 15 is 0 Å². The number of nitrogens with zero attached hydrogens (tertiary/aromatic N) is 1. The summed E-state index contributed by atoms with van der Waals surface area (Å²) in [6.45, 7) is 0.308. The molecule has 7 heteroatoms. The number of sulfonamides is 1. The van der Waals surface area contributed by atoms with Crippen LogP contribution in [0.1, 0.15) is 5.56 Å². The lowest BCUT2D eigenvalue weighted by molar-refractivity contribution is 0.402. The van der Waals surface area contributed by atoms with Crippen molar-refractivity contribution in [1.82, 2.24) is 9.71 Å². The van der Waals surface area contributed by atoms with E-state index in [-0.39, 0.29) is 4.90 Å². The zero-order valence-electron chi connectivity index (χ0n) is 11.4. The number of hydrogen-bond acceptors (Lipinski definition) is 4. The van der Waals surface area contributed by atoms with Gasteiger partial charge in [-0.15, -0.1) is 0 Å². The molecular formula is C14H15BrN2O3S. The molecule has 1 heterocycles. The highest BCUT2D eigenvalue weighted by Crippen LogP contribution is 2.26. The number of nitrogens with one attached hydrogen (secondary N) is 1. The molecule has 0 radical (unpaired) electrons. The van der Waals surface area contributed by atoms with Crippen LogP contribution in [0.5, 0.6) is 5.75 Å². The van der Waals surface area contributed by atoms with Crippen LogP contribution in [0.25, 0.3) is 0 Å². The molecule has 1 N–H and O–H groups in total. The first-order valence-electron chi connectivity index (χ1n) is 6.25. The minimum absolute atomic E-state index is 0.120. The predicted molar refractivity (Wildman–Crippen MR) is 83.8 cm³/mol. The van der Waals surface area contributed by atoms with Gasteiger partial charge in [0.2, 0.25) is 10.0 Å². The minimum Gasteiger partial charge on any atom is -0.495 e. The van der Waals surface area contributed by atoms with E-state index in [4.69, 9.17) is 4.74 Å². The number of ether oxygens (including phenoxy) is 1. The molecule has 2 rings (SSSR count). The van der Waals surface area contributed by atoms with Crippen LogP contribution in [0.3, 0.4) is 0 Å². The van der Waals surface area contributed by atoms with Crippen molar-refractivity contribution in [3.63, 3.8) is 0 Å². The molecule has 0 spiro atoms. The van der Waals surface area contributed by atoms with Crippen LogP contribution in [-0.4, -0.2) is 27.1 Å². The van der Waals surface area contributed by atoms with Gasteiger partial charge in [-0.05, 0) is 42.3 Å². The maximum atomic E-state index is 12.3. The fourth-order valence-corrected chi connectivity index (χ4v) is 3.55. The van der Waals surface area contributed by atoms with Crippen molar-refractivity contribution >= 4 is 26.0 Å². The first kappa shape index (κ1) is 15.9. The second-order valence-corrected chi connectivity index (χ2v) is 6.95. The molecule has 0 saturated heterocycles. The molecule has 1 aromatic carbocycles. The number of pyridine rings is 1. The van der Waals surface area contributed by atoms with Crippen LogP contribution >= 0.6 is 15.9 Å². The Morgan fingerprint density at radius 3 is 2.62 bits per heavy atom. The van der Waals surface area contributed by atoms with Gasteiger partial charge in [-0.25, -0.2) is 13.1 Å². The van der Waals surface area contributed by atoms with E-state index in [9.17, 15) is 8.42 Å². The zero-order chi connectivity index (χ0) is 15.3. The number of benzene rings is 1. The Bertz CT molecular complexity index is 705. The standard InChI is InChI=1S/C14H15BrN2O3S/c1-20-13-3-2-12(15)10-14(13)21(18,19)17-9-6-11-4-7-16-8-5-11/h2-5,7-8,10,17H,6,9H2,1H3. The van der Waals surface area contributed by atoms with Crippen molar-refractivity contribution in [2.45, 2.75) is 11.3 Å². The van der Waals surface area contributed by atoms with Gasteiger partial charge in [-0.2, -0.15) is 0 Å². The monoisotopic (exact) mass is 370 g/mol. The van der Waals surface area contributed by atoms with Crippen molar-refractivity contribution < 1.29 is 13.2 Å². The summed E-state index contributed by atoms with van der Waals surface area (Å²) in [5.74, 6) is 0.314. The highest BCUT2D eigenvalue weighted by molar-refractivity contribution is 9.10. The summed E-state index contributed by atoms with van der Waals surface area (Å²) >= 11 is 3.27. The van der Waals surface area contributed by atoms with Gasteiger partial charge in [0.05, 0.1) is 7.11 Å². The molecule has 21 heavy (non-hydrogen) atoms. The van der Waals surface area contributed by atoms with Gasteiger partial charge >= 0.3 is 0 Å². The van der Waals surface area contributed by atoms with E-state index in [1.165, 1.54) is 13.2 Å². The second kappa shape index (κ2) is 7.02. The quantitative estimate of drug-likeness (QED) is 0.847. The van der Waals surface area contributed by atoms with E-state index in [0.717, 1.165) is 5.56 Å². The van der Waals surface area contributed by atoms with Gasteiger partial charge in [0, 0.05) is 23.4 Å². The molecule has 0 fully saturated rings. The molecule has 0 aliphatic rings. The summed E-state index contributed by atoms with van der Waals surface area (Å²) in [6, 6.07) is 8.58. The third-order valence-corrected chi connectivity index (χ3v) is 4.85.